The first-order valence-corrected chi connectivity index (χ1v) is 8.11. The minimum atomic E-state index is -0.310. The molecule has 0 aliphatic rings. The van der Waals surface area contributed by atoms with Crippen molar-refractivity contribution in [3.8, 4) is 0 Å². The third-order valence-electron chi connectivity index (χ3n) is 3.22. The Morgan fingerprint density at radius 2 is 1.83 bits per heavy atom. The summed E-state index contributed by atoms with van der Waals surface area (Å²) in [6, 6.07) is 12.5. The molecule has 0 spiro atoms. The van der Waals surface area contributed by atoms with Crippen LogP contribution < -0.4 is 5.32 Å². The van der Waals surface area contributed by atoms with Crippen LogP contribution >= 0.6 is 27.5 Å². The summed E-state index contributed by atoms with van der Waals surface area (Å²) in [6.45, 7) is 1.91. The number of nitrogens with one attached hydrogen (secondary N) is 1. The van der Waals surface area contributed by atoms with Crippen LogP contribution in [0.25, 0.3) is 0 Å². The molecule has 0 saturated carbocycles. The number of halogens is 2. The Balaban J connectivity index is 2.01. The van der Waals surface area contributed by atoms with Crippen molar-refractivity contribution in [1.29, 1.82) is 0 Å². The largest absolute Gasteiger partial charge is 0.332 e. The molecule has 120 valence electrons. The molecule has 1 N–H and O–H groups in total. The van der Waals surface area contributed by atoms with E-state index >= 15 is 0 Å². The minimum Gasteiger partial charge on any atom is -0.332 e. The van der Waals surface area contributed by atoms with Gasteiger partial charge in [0.05, 0.1) is 17.1 Å². The SMILES string of the molecule is Cc1ccc(NC(=O)CN(C)C(=O)c2cc(Br)ccc2Cl)cc1. The van der Waals surface area contributed by atoms with Crippen LogP contribution in [0.4, 0.5) is 5.69 Å². The summed E-state index contributed by atoms with van der Waals surface area (Å²) in [5.41, 5.74) is 2.16. The quantitative estimate of drug-likeness (QED) is 0.846. The Bertz CT molecular complexity index is 732. The maximum Gasteiger partial charge on any atom is 0.255 e. The fraction of sp³-hybridized carbons (Fsp3) is 0.176. The van der Waals surface area contributed by atoms with Crippen LogP contribution in [-0.2, 0) is 4.79 Å². The van der Waals surface area contributed by atoms with Crippen LogP contribution in [0.2, 0.25) is 5.02 Å². The highest BCUT2D eigenvalue weighted by molar-refractivity contribution is 9.10. The van der Waals surface area contributed by atoms with Gasteiger partial charge in [0.15, 0.2) is 0 Å². The summed E-state index contributed by atoms with van der Waals surface area (Å²) in [6.07, 6.45) is 0. The molecule has 2 aromatic rings. The fourth-order valence-electron chi connectivity index (χ4n) is 1.99. The summed E-state index contributed by atoms with van der Waals surface area (Å²) >= 11 is 9.35. The Morgan fingerprint density at radius 3 is 2.48 bits per heavy atom. The number of likely N-dealkylation sites (N-methyl/N-ethyl adjacent to an activating group) is 1. The van der Waals surface area contributed by atoms with Crippen molar-refractivity contribution in [1.82, 2.24) is 4.90 Å². The molecular weight excluding hydrogens is 380 g/mol. The average Bonchev–Trinajstić information content (AvgIpc) is 2.51. The maximum absolute atomic E-state index is 12.4. The third-order valence-corrected chi connectivity index (χ3v) is 4.04. The molecule has 4 nitrogen and oxygen atoms in total. The zero-order valence-corrected chi connectivity index (χ0v) is 15.1. The van der Waals surface area contributed by atoms with E-state index in [4.69, 9.17) is 11.6 Å². The Hall–Kier alpha value is -1.85. The second-order valence-electron chi connectivity index (χ2n) is 5.20. The van der Waals surface area contributed by atoms with Gasteiger partial charge in [0, 0.05) is 17.2 Å². The Labute approximate surface area is 148 Å². The van der Waals surface area contributed by atoms with Crippen molar-refractivity contribution < 1.29 is 9.59 Å². The van der Waals surface area contributed by atoms with E-state index in [9.17, 15) is 9.59 Å². The zero-order chi connectivity index (χ0) is 17.0. The van der Waals surface area contributed by atoms with Crippen LogP contribution in [0.5, 0.6) is 0 Å². The molecule has 2 rings (SSSR count). The summed E-state index contributed by atoms with van der Waals surface area (Å²) in [5.74, 6) is -0.578. The Kier molecular flexibility index (Phi) is 5.80. The number of aryl methyl sites for hydroxylation is 1. The molecule has 0 heterocycles. The first-order chi connectivity index (χ1) is 10.9. The summed E-state index contributed by atoms with van der Waals surface area (Å²) in [4.78, 5) is 25.8. The minimum absolute atomic E-state index is 0.0600. The van der Waals surface area contributed by atoms with E-state index in [0.29, 0.717) is 16.3 Å². The number of benzene rings is 2. The van der Waals surface area contributed by atoms with Gasteiger partial charge in [-0.2, -0.15) is 0 Å². The first-order valence-electron chi connectivity index (χ1n) is 6.94. The van der Waals surface area contributed by atoms with Gasteiger partial charge in [-0.25, -0.2) is 0 Å². The molecule has 2 aromatic carbocycles. The van der Waals surface area contributed by atoms with Crippen molar-refractivity contribution in [2.75, 3.05) is 18.9 Å². The second kappa shape index (κ2) is 7.62. The van der Waals surface area contributed by atoms with E-state index in [-0.39, 0.29) is 18.4 Å². The molecule has 0 unspecified atom stereocenters. The van der Waals surface area contributed by atoms with Crippen LogP contribution in [-0.4, -0.2) is 30.3 Å². The topological polar surface area (TPSA) is 49.4 Å². The predicted molar refractivity (Wildman–Crippen MR) is 95.9 cm³/mol. The van der Waals surface area contributed by atoms with E-state index in [1.807, 2.05) is 31.2 Å². The van der Waals surface area contributed by atoms with Crippen LogP contribution in [0.15, 0.2) is 46.9 Å². The summed E-state index contributed by atoms with van der Waals surface area (Å²) in [7, 11) is 1.56. The standard InChI is InChI=1S/C17H16BrClN2O2/c1-11-3-6-13(7-4-11)20-16(22)10-21(2)17(23)14-9-12(18)5-8-15(14)19/h3-9H,10H2,1-2H3,(H,20,22). The average molecular weight is 396 g/mol. The normalized spacial score (nSPS) is 10.3. The van der Waals surface area contributed by atoms with Gasteiger partial charge in [0.25, 0.3) is 5.91 Å². The lowest BCUT2D eigenvalue weighted by Crippen LogP contribution is -2.35. The van der Waals surface area contributed by atoms with Crippen LogP contribution in [0.1, 0.15) is 15.9 Å². The summed E-state index contributed by atoms with van der Waals surface area (Å²) in [5, 5.41) is 3.11. The smallest absolute Gasteiger partial charge is 0.255 e. The molecular formula is C17H16BrClN2O2. The molecule has 0 aromatic heterocycles. The van der Waals surface area contributed by atoms with E-state index < -0.39 is 0 Å². The highest BCUT2D eigenvalue weighted by Crippen LogP contribution is 2.22. The van der Waals surface area contributed by atoms with Gasteiger partial charge in [-0.15, -0.1) is 0 Å². The van der Waals surface area contributed by atoms with Crippen molar-refractivity contribution in [3.05, 3.63) is 63.1 Å². The van der Waals surface area contributed by atoms with Crippen molar-refractivity contribution in [2.45, 2.75) is 6.92 Å². The first kappa shape index (κ1) is 17.5. The molecule has 6 heteroatoms. The van der Waals surface area contributed by atoms with Gasteiger partial charge in [-0.3, -0.25) is 9.59 Å². The Morgan fingerprint density at radius 1 is 1.17 bits per heavy atom. The van der Waals surface area contributed by atoms with Crippen LogP contribution in [0.3, 0.4) is 0 Å². The van der Waals surface area contributed by atoms with Gasteiger partial charge < -0.3 is 10.2 Å². The lowest BCUT2D eigenvalue weighted by Gasteiger charge is -2.17. The van der Waals surface area contributed by atoms with Gasteiger partial charge in [0.2, 0.25) is 5.91 Å². The van der Waals surface area contributed by atoms with Gasteiger partial charge in [-0.05, 0) is 37.3 Å². The number of rotatable bonds is 4. The van der Waals surface area contributed by atoms with E-state index in [2.05, 4.69) is 21.2 Å². The fourth-order valence-corrected chi connectivity index (χ4v) is 2.55. The number of nitrogens with zero attached hydrogens (tertiary/aromatic N) is 1. The van der Waals surface area contributed by atoms with Crippen LogP contribution in [0, 0.1) is 6.92 Å². The van der Waals surface area contributed by atoms with E-state index in [1.54, 1.807) is 25.2 Å². The number of carbonyl (C=O) groups is 2. The number of hydrogen-bond donors (Lipinski definition) is 1. The molecule has 0 bridgehead atoms. The number of amides is 2. The number of anilines is 1. The second-order valence-corrected chi connectivity index (χ2v) is 6.52. The molecule has 0 aliphatic heterocycles. The van der Waals surface area contributed by atoms with Gasteiger partial charge in [0.1, 0.15) is 0 Å². The maximum atomic E-state index is 12.4. The number of hydrogen-bond acceptors (Lipinski definition) is 2. The van der Waals surface area contributed by atoms with Gasteiger partial charge in [-0.1, -0.05) is 45.2 Å². The molecule has 0 radical (unpaired) electrons. The van der Waals surface area contributed by atoms with Gasteiger partial charge >= 0.3 is 0 Å². The zero-order valence-electron chi connectivity index (χ0n) is 12.8. The van der Waals surface area contributed by atoms with Crippen molar-refractivity contribution >= 4 is 45.0 Å². The monoisotopic (exact) mass is 394 g/mol. The highest BCUT2D eigenvalue weighted by Gasteiger charge is 2.18. The molecule has 2 amide bonds. The van der Waals surface area contributed by atoms with E-state index in [0.717, 1.165) is 10.0 Å². The molecule has 0 aliphatic carbocycles. The molecule has 0 fully saturated rings. The predicted octanol–water partition coefficient (Wildman–Crippen LogP) is 4.12. The van der Waals surface area contributed by atoms with Crippen molar-refractivity contribution in [2.24, 2.45) is 0 Å². The lowest BCUT2D eigenvalue weighted by atomic mass is 10.2. The van der Waals surface area contributed by atoms with Crippen molar-refractivity contribution in [3.63, 3.8) is 0 Å². The number of carbonyl (C=O) groups excluding carboxylic acids is 2. The molecule has 0 saturated heterocycles. The highest BCUT2D eigenvalue weighted by atomic mass is 79.9. The lowest BCUT2D eigenvalue weighted by molar-refractivity contribution is -0.116. The summed E-state index contributed by atoms with van der Waals surface area (Å²) < 4.78 is 0.753. The molecule has 23 heavy (non-hydrogen) atoms. The molecule has 0 atom stereocenters. The van der Waals surface area contributed by atoms with E-state index in [1.165, 1.54) is 4.90 Å². The third kappa shape index (κ3) is 4.81.